The number of amides is 1. The van der Waals surface area contributed by atoms with Crippen LogP contribution in [-0.4, -0.2) is 45.5 Å². The number of nitrogens with one attached hydrogen (secondary N) is 1. The van der Waals surface area contributed by atoms with E-state index in [1.54, 1.807) is 24.5 Å². The Morgan fingerprint density at radius 1 is 1.11 bits per heavy atom. The van der Waals surface area contributed by atoms with Gasteiger partial charge in [0.1, 0.15) is 21.9 Å². The maximum Gasteiger partial charge on any atom is 0.273 e. The molecular formula is C33H34ClF3N4O5S. The molecule has 1 fully saturated rings. The number of carbonyl (C=O) groups is 1. The van der Waals surface area contributed by atoms with E-state index in [0.717, 1.165) is 12.0 Å². The van der Waals surface area contributed by atoms with E-state index in [4.69, 9.17) is 16.1 Å². The number of aliphatic hydroxyl groups is 1. The van der Waals surface area contributed by atoms with Gasteiger partial charge in [0.15, 0.2) is 23.2 Å². The van der Waals surface area contributed by atoms with Gasteiger partial charge in [0.2, 0.25) is 10.0 Å². The van der Waals surface area contributed by atoms with Gasteiger partial charge in [-0.2, -0.15) is 4.31 Å². The Kier molecular flexibility index (Phi) is 9.02. The lowest BCUT2D eigenvalue weighted by molar-refractivity contribution is 0.0229. The SMILES string of the molecule is CC1CCC(CC(C)(O)c2cc(-c3ccccc3)on2)N1S(=O)(=O)c1c(Cl)c(C(=O)Nc2cc(F)c(F)c(F)c2)n2c1CCCCC2. The van der Waals surface area contributed by atoms with Crippen molar-refractivity contribution in [1.82, 2.24) is 14.0 Å². The van der Waals surface area contributed by atoms with Crippen molar-refractivity contribution >= 4 is 33.2 Å². The zero-order valence-electron chi connectivity index (χ0n) is 25.8. The predicted octanol–water partition coefficient (Wildman–Crippen LogP) is 7.03. The molecule has 6 rings (SSSR count). The average molecular weight is 691 g/mol. The number of hydrogen-bond donors (Lipinski definition) is 2. The number of halogens is 4. The Morgan fingerprint density at radius 2 is 1.81 bits per heavy atom. The molecule has 0 saturated carbocycles. The maximum absolute atomic E-state index is 14.6. The Morgan fingerprint density at radius 3 is 2.51 bits per heavy atom. The summed E-state index contributed by atoms with van der Waals surface area (Å²) in [5.41, 5.74) is -0.669. The molecule has 4 aromatic rings. The van der Waals surface area contributed by atoms with Crippen LogP contribution in [-0.2, 0) is 28.6 Å². The van der Waals surface area contributed by atoms with Gasteiger partial charge in [-0.3, -0.25) is 4.79 Å². The maximum atomic E-state index is 14.6. The van der Waals surface area contributed by atoms with Crippen LogP contribution in [0.3, 0.4) is 0 Å². The number of benzene rings is 2. The molecule has 3 atom stereocenters. The second-order valence-corrected chi connectivity index (χ2v) is 14.6. The summed E-state index contributed by atoms with van der Waals surface area (Å²) in [6.07, 6.45) is 3.41. The molecule has 47 heavy (non-hydrogen) atoms. The van der Waals surface area contributed by atoms with E-state index in [0.29, 0.717) is 62.2 Å². The molecule has 4 heterocycles. The fourth-order valence-corrected chi connectivity index (χ4v) is 9.54. The van der Waals surface area contributed by atoms with E-state index in [2.05, 4.69) is 10.5 Å². The number of hydrogen-bond acceptors (Lipinski definition) is 6. The molecule has 3 unspecified atom stereocenters. The summed E-state index contributed by atoms with van der Waals surface area (Å²) in [5, 5.41) is 17.7. The lowest BCUT2D eigenvalue weighted by atomic mass is 9.92. The lowest BCUT2D eigenvalue weighted by Gasteiger charge is -2.32. The smallest absolute Gasteiger partial charge is 0.273 e. The molecule has 0 radical (unpaired) electrons. The fourth-order valence-electron chi connectivity index (χ4n) is 6.76. The first-order chi connectivity index (χ1) is 22.3. The van der Waals surface area contributed by atoms with Crippen LogP contribution in [0.1, 0.15) is 74.2 Å². The second-order valence-electron chi connectivity index (χ2n) is 12.4. The van der Waals surface area contributed by atoms with Crippen LogP contribution >= 0.6 is 11.6 Å². The van der Waals surface area contributed by atoms with Crippen molar-refractivity contribution in [3.8, 4) is 11.3 Å². The monoisotopic (exact) mass is 690 g/mol. The van der Waals surface area contributed by atoms with Crippen LogP contribution in [0.4, 0.5) is 18.9 Å². The zero-order chi connectivity index (χ0) is 33.7. The standard InChI is InChI=1S/C33H34ClF3N4O5S/c1-19-12-13-22(18-33(2,43)27-17-26(46-39-27)20-9-5-3-6-10-20)41(19)47(44,45)31-25-11-7-4-8-14-40(25)30(28(31)34)32(42)38-21-15-23(35)29(37)24(36)16-21/h3,5-6,9-10,15-17,19,22,43H,4,7-8,11-14,18H2,1-2H3,(H,38,42). The molecule has 0 bridgehead atoms. The molecule has 1 amide bonds. The minimum atomic E-state index is -4.35. The Labute approximate surface area is 275 Å². The molecule has 2 aromatic carbocycles. The Hall–Kier alpha value is -3.65. The van der Waals surface area contributed by atoms with Crippen molar-refractivity contribution in [3.05, 3.63) is 88.1 Å². The highest BCUT2D eigenvalue weighted by Gasteiger charge is 2.47. The third kappa shape index (κ3) is 6.21. The summed E-state index contributed by atoms with van der Waals surface area (Å²) in [6.45, 7) is 3.64. The topological polar surface area (TPSA) is 118 Å². The van der Waals surface area contributed by atoms with Gasteiger partial charge < -0.3 is 19.5 Å². The molecule has 1 saturated heterocycles. The first-order valence-electron chi connectivity index (χ1n) is 15.4. The Balaban J connectivity index is 1.34. The highest BCUT2D eigenvalue weighted by molar-refractivity contribution is 7.89. The third-order valence-electron chi connectivity index (χ3n) is 9.02. The number of carbonyl (C=O) groups excluding carboxylic acids is 1. The van der Waals surface area contributed by atoms with E-state index in [-0.39, 0.29) is 33.4 Å². The van der Waals surface area contributed by atoms with E-state index >= 15 is 0 Å². The van der Waals surface area contributed by atoms with Crippen molar-refractivity contribution in [2.75, 3.05) is 5.32 Å². The van der Waals surface area contributed by atoms with Gasteiger partial charge in [-0.25, -0.2) is 21.6 Å². The van der Waals surface area contributed by atoms with E-state index in [1.807, 2.05) is 30.3 Å². The number of aromatic nitrogens is 2. The van der Waals surface area contributed by atoms with Gasteiger partial charge in [-0.1, -0.05) is 53.5 Å². The highest BCUT2D eigenvalue weighted by atomic mass is 35.5. The first-order valence-corrected chi connectivity index (χ1v) is 17.3. The molecule has 2 aliphatic heterocycles. The number of fused-ring (bicyclic) bond motifs is 1. The summed E-state index contributed by atoms with van der Waals surface area (Å²) in [5.74, 6) is -5.09. The van der Waals surface area contributed by atoms with Crippen molar-refractivity contribution in [2.24, 2.45) is 0 Å². The Bertz CT molecular complexity index is 1910. The van der Waals surface area contributed by atoms with Crippen LogP contribution in [0.25, 0.3) is 11.3 Å². The molecule has 2 N–H and O–H groups in total. The van der Waals surface area contributed by atoms with E-state index < -0.39 is 51.1 Å². The predicted molar refractivity (Wildman–Crippen MR) is 169 cm³/mol. The largest absolute Gasteiger partial charge is 0.384 e. The summed E-state index contributed by atoms with van der Waals surface area (Å²) in [6, 6.07) is 11.1. The highest BCUT2D eigenvalue weighted by Crippen LogP contribution is 2.43. The van der Waals surface area contributed by atoms with Gasteiger partial charge in [-0.15, -0.1) is 0 Å². The minimum Gasteiger partial charge on any atom is -0.384 e. The van der Waals surface area contributed by atoms with Gasteiger partial charge in [0, 0.05) is 53.8 Å². The molecule has 2 aliphatic rings. The third-order valence-corrected chi connectivity index (χ3v) is 11.7. The van der Waals surface area contributed by atoms with E-state index in [1.165, 1.54) is 4.31 Å². The van der Waals surface area contributed by atoms with Crippen LogP contribution in [0.5, 0.6) is 0 Å². The first kappa shape index (κ1) is 33.3. The number of rotatable bonds is 8. The molecular weight excluding hydrogens is 657 g/mol. The average Bonchev–Trinajstić information content (AvgIpc) is 3.68. The molecule has 2 aromatic heterocycles. The number of nitrogens with zero attached hydrogens (tertiary/aromatic N) is 3. The molecule has 0 aliphatic carbocycles. The van der Waals surface area contributed by atoms with Crippen molar-refractivity contribution in [3.63, 3.8) is 0 Å². The van der Waals surface area contributed by atoms with Crippen molar-refractivity contribution < 1.29 is 36.0 Å². The fraction of sp³-hybridized carbons (Fsp3) is 0.394. The normalized spacial score (nSPS) is 20.1. The van der Waals surface area contributed by atoms with Crippen LogP contribution in [0.15, 0.2) is 57.9 Å². The van der Waals surface area contributed by atoms with Crippen LogP contribution in [0.2, 0.25) is 5.02 Å². The lowest BCUT2D eigenvalue weighted by Crippen LogP contribution is -2.43. The summed E-state index contributed by atoms with van der Waals surface area (Å²) in [7, 11) is -4.35. The van der Waals surface area contributed by atoms with Crippen LogP contribution < -0.4 is 5.32 Å². The minimum absolute atomic E-state index is 0.0139. The quantitative estimate of drug-likeness (QED) is 0.192. The zero-order valence-corrected chi connectivity index (χ0v) is 27.3. The van der Waals surface area contributed by atoms with E-state index in [9.17, 15) is 31.5 Å². The van der Waals surface area contributed by atoms with Crippen molar-refractivity contribution in [2.45, 2.75) is 87.9 Å². The van der Waals surface area contributed by atoms with Gasteiger partial charge in [-0.05, 0) is 52.4 Å². The van der Waals surface area contributed by atoms with Gasteiger partial charge in [0.05, 0.1) is 5.02 Å². The molecule has 9 nitrogen and oxygen atoms in total. The van der Waals surface area contributed by atoms with Gasteiger partial charge in [0.25, 0.3) is 5.91 Å². The van der Waals surface area contributed by atoms with Gasteiger partial charge >= 0.3 is 0 Å². The summed E-state index contributed by atoms with van der Waals surface area (Å²) >= 11 is 6.80. The van der Waals surface area contributed by atoms with Crippen molar-refractivity contribution in [1.29, 1.82) is 0 Å². The molecule has 250 valence electrons. The van der Waals surface area contributed by atoms with Crippen LogP contribution in [0, 0.1) is 17.5 Å². The molecule has 14 heteroatoms. The number of anilines is 1. The second kappa shape index (κ2) is 12.8. The summed E-state index contributed by atoms with van der Waals surface area (Å²) in [4.78, 5) is 13.4. The molecule has 0 spiro atoms. The number of sulfonamides is 1. The summed E-state index contributed by atoms with van der Waals surface area (Å²) < 4.78 is 79.0.